The molecule has 1 unspecified atom stereocenters. The van der Waals surface area contributed by atoms with Crippen molar-refractivity contribution in [3.05, 3.63) is 76.5 Å². The van der Waals surface area contributed by atoms with Gasteiger partial charge in [-0.2, -0.15) is 16.4 Å². The highest BCUT2D eigenvalue weighted by Crippen LogP contribution is 2.37. The molecule has 144 valence electrons. The molecule has 4 rings (SSSR count). The third-order valence-corrected chi connectivity index (χ3v) is 6.31. The summed E-state index contributed by atoms with van der Waals surface area (Å²) in [6, 6.07) is 16.5. The minimum absolute atomic E-state index is 0.00106. The molecule has 0 spiro atoms. The normalized spacial score (nSPS) is 16.9. The van der Waals surface area contributed by atoms with Crippen LogP contribution in [0.25, 0.3) is 0 Å². The van der Waals surface area contributed by atoms with E-state index in [0.717, 1.165) is 34.7 Å². The van der Waals surface area contributed by atoms with E-state index in [9.17, 15) is 8.42 Å². The van der Waals surface area contributed by atoms with Gasteiger partial charge in [-0.3, -0.25) is 5.01 Å². The lowest BCUT2D eigenvalue weighted by Crippen LogP contribution is -2.19. The van der Waals surface area contributed by atoms with Gasteiger partial charge in [-0.15, -0.1) is 0 Å². The molecule has 28 heavy (non-hydrogen) atoms. The summed E-state index contributed by atoms with van der Waals surface area (Å²) < 4.78 is 28.3. The first-order valence-corrected chi connectivity index (χ1v) is 11.1. The van der Waals surface area contributed by atoms with E-state index in [1.165, 1.54) is 12.1 Å². The summed E-state index contributed by atoms with van der Waals surface area (Å²) in [6.45, 7) is 0. The van der Waals surface area contributed by atoms with Crippen LogP contribution in [-0.2, 0) is 10.0 Å². The molecule has 2 N–H and O–H groups in total. The van der Waals surface area contributed by atoms with Crippen LogP contribution in [0.4, 0.5) is 5.69 Å². The first-order valence-electron chi connectivity index (χ1n) is 8.62. The molecule has 1 aromatic heterocycles. The van der Waals surface area contributed by atoms with Gasteiger partial charge in [-0.05, 0) is 58.8 Å². The van der Waals surface area contributed by atoms with E-state index in [1.807, 2.05) is 34.7 Å². The lowest BCUT2D eigenvalue weighted by Gasteiger charge is -2.24. The number of nitrogens with zero attached hydrogens (tertiary/aromatic N) is 2. The molecule has 0 saturated heterocycles. The van der Waals surface area contributed by atoms with Crippen molar-refractivity contribution in [2.24, 2.45) is 10.2 Å². The van der Waals surface area contributed by atoms with E-state index < -0.39 is 10.0 Å². The summed E-state index contributed by atoms with van der Waals surface area (Å²) in [5.41, 5.74) is 4.01. The Bertz CT molecular complexity index is 1090. The lowest BCUT2D eigenvalue weighted by molar-refractivity contribution is 0.414. The average Bonchev–Trinajstić information content (AvgIpc) is 3.37. The number of rotatable bonds is 5. The van der Waals surface area contributed by atoms with Gasteiger partial charge in [0.2, 0.25) is 10.0 Å². The molecule has 1 aliphatic rings. The van der Waals surface area contributed by atoms with Gasteiger partial charge in [0.1, 0.15) is 5.75 Å². The lowest BCUT2D eigenvalue weighted by atomic mass is 9.99. The minimum Gasteiger partial charge on any atom is -0.497 e. The second-order valence-corrected chi connectivity index (χ2v) is 8.78. The molecule has 2 aromatic carbocycles. The van der Waals surface area contributed by atoms with E-state index in [1.54, 1.807) is 30.6 Å². The monoisotopic (exact) mass is 413 g/mol. The summed E-state index contributed by atoms with van der Waals surface area (Å²) in [5.74, 6) is 0.796. The molecular weight excluding hydrogens is 394 g/mol. The smallest absolute Gasteiger partial charge is 0.238 e. The molecule has 2 heterocycles. The number of primary sulfonamides is 1. The number of anilines is 1. The maximum absolute atomic E-state index is 11.5. The van der Waals surface area contributed by atoms with Gasteiger partial charge in [0.05, 0.1) is 29.4 Å². The van der Waals surface area contributed by atoms with E-state index in [-0.39, 0.29) is 10.9 Å². The fourth-order valence-corrected chi connectivity index (χ4v) is 4.41. The number of nitrogens with two attached hydrogens (primary N) is 1. The molecule has 0 fully saturated rings. The maximum Gasteiger partial charge on any atom is 0.238 e. The Kier molecular flexibility index (Phi) is 4.92. The van der Waals surface area contributed by atoms with E-state index >= 15 is 0 Å². The molecular formula is C20H19N3O3S2. The topological polar surface area (TPSA) is 85.0 Å². The van der Waals surface area contributed by atoms with Crippen molar-refractivity contribution in [2.45, 2.75) is 17.4 Å². The highest BCUT2D eigenvalue weighted by Gasteiger charge is 2.30. The van der Waals surface area contributed by atoms with Crippen molar-refractivity contribution in [3.8, 4) is 5.75 Å². The molecule has 0 bridgehead atoms. The van der Waals surface area contributed by atoms with Gasteiger partial charge >= 0.3 is 0 Å². The van der Waals surface area contributed by atoms with Crippen molar-refractivity contribution < 1.29 is 13.2 Å². The van der Waals surface area contributed by atoms with Crippen molar-refractivity contribution >= 4 is 32.8 Å². The Balaban J connectivity index is 1.72. The fraction of sp³-hybridized carbons (Fsp3) is 0.150. The van der Waals surface area contributed by atoms with E-state index in [2.05, 4.69) is 11.4 Å². The molecule has 6 nitrogen and oxygen atoms in total. The number of hydrazone groups is 1. The van der Waals surface area contributed by atoms with Crippen LogP contribution in [0.1, 0.15) is 23.6 Å². The number of thiophene rings is 1. The quantitative estimate of drug-likeness (QED) is 0.690. The molecule has 8 heteroatoms. The summed E-state index contributed by atoms with van der Waals surface area (Å²) in [7, 11) is -2.09. The van der Waals surface area contributed by atoms with Crippen LogP contribution in [0.15, 0.2) is 75.4 Å². The second kappa shape index (κ2) is 7.38. The van der Waals surface area contributed by atoms with E-state index in [0.29, 0.717) is 0 Å². The summed E-state index contributed by atoms with van der Waals surface area (Å²) >= 11 is 1.63. The molecule has 0 radical (unpaired) electrons. The van der Waals surface area contributed by atoms with Crippen LogP contribution in [0, 0.1) is 0 Å². The van der Waals surface area contributed by atoms with Crippen LogP contribution in [0.2, 0.25) is 0 Å². The Hall–Kier alpha value is -2.68. The average molecular weight is 414 g/mol. The predicted molar refractivity (Wildman–Crippen MR) is 112 cm³/mol. The van der Waals surface area contributed by atoms with Crippen LogP contribution in [-0.4, -0.2) is 21.2 Å². The zero-order chi connectivity index (χ0) is 19.7. The summed E-state index contributed by atoms with van der Waals surface area (Å²) in [4.78, 5) is 0.0819. The van der Waals surface area contributed by atoms with Crippen LogP contribution < -0.4 is 14.9 Å². The molecule has 0 amide bonds. The Morgan fingerprint density at radius 2 is 1.82 bits per heavy atom. The number of hydrogen-bond donors (Lipinski definition) is 1. The summed E-state index contributed by atoms with van der Waals surface area (Å²) in [5, 5.41) is 16.1. The van der Waals surface area contributed by atoms with Gasteiger partial charge in [-0.1, -0.05) is 12.1 Å². The second-order valence-electron chi connectivity index (χ2n) is 6.44. The zero-order valence-corrected chi connectivity index (χ0v) is 16.8. The third-order valence-electron chi connectivity index (χ3n) is 4.70. The first kappa shape index (κ1) is 18.7. The maximum atomic E-state index is 11.5. The first-order chi connectivity index (χ1) is 13.5. The molecule has 0 saturated carbocycles. The van der Waals surface area contributed by atoms with Crippen molar-refractivity contribution in [1.82, 2.24) is 0 Å². The Morgan fingerprint density at radius 3 is 2.39 bits per heavy atom. The van der Waals surface area contributed by atoms with Crippen LogP contribution in [0.3, 0.4) is 0 Å². The van der Waals surface area contributed by atoms with Crippen LogP contribution >= 0.6 is 11.3 Å². The largest absolute Gasteiger partial charge is 0.497 e. The highest BCUT2D eigenvalue weighted by molar-refractivity contribution is 7.89. The van der Waals surface area contributed by atoms with Crippen molar-refractivity contribution in [3.63, 3.8) is 0 Å². The van der Waals surface area contributed by atoms with Crippen molar-refractivity contribution in [1.29, 1.82) is 0 Å². The van der Waals surface area contributed by atoms with Gasteiger partial charge in [0.15, 0.2) is 0 Å². The Labute approximate surface area is 167 Å². The number of hydrogen-bond acceptors (Lipinski definition) is 6. The van der Waals surface area contributed by atoms with E-state index in [4.69, 9.17) is 15.0 Å². The minimum atomic E-state index is -3.73. The molecule has 0 aliphatic carbocycles. The molecule has 1 aliphatic heterocycles. The highest BCUT2D eigenvalue weighted by atomic mass is 32.2. The van der Waals surface area contributed by atoms with Crippen LogP contribution in [0.5, 0.6) is 5.75 Å². The van der Waals surface area contributed by atoms with Gasteiger partial charge in [0.25, 0.3) is 0 Å². The van der Waals surface area contributed by atoms with Gasteiger partial charge in [0, 0.05) is 12.0 Å². The number of ether oxygens (including phenoxy) is 1. The molecule has 3 aromatic rings. The Morgan fingerprint density at radius 1 is 1.11 bits per heavy atom. The SMILES string of the molecule is COc1ccc(C2CC(c3ccsc3)=NN2c2ccc(S(N)(=O)=O)cc2)cc1. The van der Waals surface area contributed by atoms with Gasteiger partial charge < -0.3 is 4.74 Å². The zero-order valence-electron chi connectivity index (χ0n) is 15.1. The fourth-order valence-electron chi connectivity index (χ4n) is 3.23. The number of benzene rings is 2. The van der Waals surface area contributed by atoms with Gasteiger partial charge in [-0.25, -0.2) is 13.6 Å². The summed E-state index contributed by atoms with van der Waals surface area (Å²) in [6.07, 6.45) is 0.750. The molecule has 1 atom stereocenters. The van der Waals surface area contributed by atoms with Crippen molar-refractivity contribution in [2.75, 3.05) is 12.1 Å². The number of sulfonamides is 1. The predicted octanol–water partition coefficient (Wildman–Crippen LogP) is 3.76. The standard InChI is InChI=1S/C20H19N3O3S2/c1-26-17-6-2-14(3-7-17)20-12-19(15-10-11-27-13-15)22-23(20)16-4-8-18(9-5-16)28(21,24)25/h2-11,13,20H,12H2,1H3,(H2,21,24,25). The number of methoxy groups -OCH3 is 1. The third kappa shape index (κ3) is 3.66.